The lowest BCUT2D eigenvalue weighted by Crippen LogP contribution is -2.43. The number of nitrogens with one attached hydrogen (secondary N) is 1. The van der Waals surface area contributed by atoms with Crippen molar-refractivity contribution in [1.82, 2.24) is 15.2 Å². The van der Waals surface area contributed by atoms with E-state index in [1.54, 1.807) is 18.2 Å². The number of amides is 3. The number of fused-ring (bicyclic) bond motifs is 1. The van der Waals surface area contributed by atoms with Crippen molar-refractivity contribution in [2.75, 3.05) is 24.5 Å². The molecule has 0 radical (unpaired) electrons. The summed E-state index contributed by atoms with van der Waals surface area (Å²) in [7, 11) is 0. The van der Waals surface area contributed by atoms with Gasteiger partial charge in [-0.25, -0.2) is 8.78 Å². The number of likely N-dealkylation sites (tertiary alicyclic amines) is 1. The molecule has 0 spiro atoms. The van der Waals surface area contributed by atoms with Gasteiger partial charge in [0.1, 0.15) is 6.04 Å². The molecule has 1 unspecified atom stereocenters. The highest BCUT2D eigenvalue weighted by molar-refractivity contribution is 6.12. The first-order chi connectivity index (χ1) is 15.3. The molecule has 1 aromatic heterocycles. The molecule has 8 nitrogen and oxygen atoms in total. The van der Waals surface area contributed by atoms with Gasteiger partial charge in [-0.15, -0.1) is 0 Å². The highest BCUT2D eigenvalue weighted by atomic mass is 19.3. The van der Waals surface area contributed by atoms with Crippen molar-refractivity contribution in [1.29, 1.82) is 5.26 Å². The molecule has 3 heterocycles. The van der Waals surface area contributed by atoms with Crippen LogP contribution in [-0.2, 0) is 11.2 Å². The van der Waals surface area contributed by atoms with Gasteiger partial charge in [0.2, 0.25) is 5.91 Å². The van der Waals surface area contributed by atoms with Crippen LogP contribution in [0.15, 0.2) is 42.7 Å². The van der Waals surface area contributed by atoms with E-state index in [0.717, 1.165) is 10.5 Å². The highest BCUT2D eigenvalue weighted by Crippen LogP contribution is 2.31. The molecule has 0 bridgehead atoms. The average molecular weight is 439 g/mol. The van der Waals surface area contributed by atoms with Crippen LogP contribution in [0.3, 0.4) is 0 Å². The first-order valence-electron chi connectivity index (χ1n) is 9.99. The molecule has 1 aromatic carbocycles. The molecule has 1 N–H and O–H groups in total. The first-order valence-corrected chi connectivity index (χ1v) is 9.99. The quantitative estimate of drug-likeness (QED) is 0.782. The molecule has 1 atom stereocenters. The summed E-state index contributed by atoms with van der Waals surface area (Å²) in [5, 5.41) is 11.5. The Balaban J connectivity index is 1.49. The lowest BCUT2D eigenvalue weighted by atomic mass is 9.98. The van der Waals surface area contributed by atoms with Gasteiger partial charge < -0.3 is 15.1 Å². The zero-order chi connectivity index (χ0) is 22.9. The average Bonchev–Trinajstić information content (AvgIpc) is 3.12. The van der Waals surface area contributed by atoms with E-state index in [1.165, 1.54) is 23.4 Å². The lowest BCUT2D eigenvalue weighted by molar-refractivity contribution is -0.131. The third-order valence-electron chi connectivity index (χ3n) is 5.57. The number of aromatic nitrogens is 1. The van der Waals surface area contributed by atoms with E-state index in [2.05, 4.69) is 10.3 Å². The number of hydrogen-bond donors (Lipinski definition) is 1. The van der Waals surface area contributed by atoms with Crippen LogP contribution >= 0.6 is 0 Å². The number of nitrogens with zero attached hydrogens (tertiary/aromatic N) is 4. The van der Waals surface area contributed by atoms with Crippen molar-refractivity contribution in [2.45, 2.75) is 24.8 Å². The van der Waals surface area contributed by atoms with Gasteiger partial charge in [0, 0.05) is 24.7 Å². The summed E-state index contributed by atoms with van der Waals surface area (Å²) in [5.74, 6) is -4.83. The monoisotopic (exact) mass is 439 g/mol. The van der Waals surface area contributed by atoms with Crippen molar-refractivity contribution >= 4 is 23.4 Å². The Morgan fingerprint density at radius 2 is 2.06 bits per heavy atom. The van der Waals surface area contributed by atoms with E-state index in [9.17, 15) is 23.2 Å². The predicted octanol–water partition coefficient (Wildman–Crippen LogP) is 1.77. The fourth-order valence-electron chi connectivity index (χ4n) is 4.00. The Kier molecular flexibility index (Phi) is 5.57. The summed E-state index contributed by atoms with van der Waals surface area (Å²) in [6.07, 6.45) is 2.66. The molecule has 1 saturated heterocycles. The van der Waals surface area contributed by atoms with Gasteiger partial charge in [-0.2, -0.15) is 5.26 Å². The third kappa shape index (κ3) is 4.01. The van der Waals surface area contributed by atoms with Crippen LogP contribution < -0.4 is 10.2 Å². The zero-order valence-electron chi connectivity index (χ0n) is 16.9. The summed E-state index contributed by atoms with van der Waals surface area (Å²) < 4.78 is 27.2. The van der Waals surface area contributed by atoms with E-state index in [4.69, 9.17) is 5.26 Å². The Bertz CT molecular complexity index is 1130. The molecule has 2 aliphatic heterocycles. The molecule has 164 valence electrons. The second kappa shape index (κ2) is 8.34. The molecular formula is C22H19F2N5O3. The molecule has 0 saturated carbocycles. The summed E-state index contributed by atoms with van der Waals surface area (Å²) in [6, 6.07) is 9.09. The SMILES string of the molecule is N#CC1CC(F)(F)CN1C(=O)CNC(=O)c1ccncc1N1CCc2ccccc2C1=O. The second-order valence-electron chi connectivity index (χ2n) is 7.67. The molecule has 0 aliphatic carbocycles. The molecular weight excluding hydrogens is 420 g/mol. The minimum Gasteiger partial charge on any atom is -0.343 e. The van der Waals surface area contributed by atoms with Gasteiger partial charge in [0.15, 0.2) is 0 Å². The number of carbonyl (C=O) groups is 3. The van der Waals surface area contributed by atoms with Gasteiger partial charge >= 0.3 is 0 Å². The van der Waals surface area contributed by atoms with Crippen molar-refractivity contribution in [3.8, 4) is 6.07 Å². The Morgan fingerprint density at radius 3 is 2.84 bits per heavy atom. The van der Waals surface area contributed by atoms with Gasteiger partial charge in [-0.3, -0.25) is 19.4 Å². The number of rotatable bonds is 4. The third-order valence-corrected chi connectivity index (χ3v) is 5.57. The molecule has 10 heteroatoms. The summed E-state index contributed by atoms with van der Waals surface area (Å²) in [4.78, 5) is 44.4. The maximum absolute atomic E-state index is 13.6. The van der Waals surface area contributed by atoms with Gasteiger partial charge in [-0.05, 0) is 24.1 Å². The van der Waals surface area contributed by atoms with Crippen LogP contribution in [0.1, 0.15) is 32.7 Å². The van der Waals surface area contributed by atoms with Crippen molar-refractivity contribution in [3.05, 3.63) is 59.4 Å². The highest BCUT2D eigenvalue weighted by Gasteiger charge is 2.47. The van der Waals surface area contributed by atoms with Crippen LogP contribution in [0, 0.1) is 11.3 Å². The molecule has 3 amide bonds. The number of hydrogen-bond acceptors (Lipinski definition) is 5. The Morgan fingerprint density at radius 1 is 1.28 bits per heavy atom. The van der Waals surface area contributed by atoms with Gasteiger partial charge in [0.05, 0.1) is 36.6 Å². The molecule has 1 fully saturated rings. The number of anilines is 1. The predicted molar refractivity (Wildman–Crippen MR) is 109 cm³/mol. The van der Waals surface area contributed by atoms with Gasteiger partial charge in [0.25, 0.3) is 17.7 Å². The summed E-state index contributed by atoms with van der Waals surface area (Å²) >= 11 is 0. The minimum absolute atomic E-state index is 0.129. The van der Waals surface area contributed by atoms with E-state index in [1.807, 2.05) is 12.1 Å². The van der Waals surface area contributed by atoms with E-state index in [0.29, 0.717) is 24.2 Å². The van der Waals surface area contributed by atoms with E-state index >= 15 is 0 Å². The fraction of sp³-hybridized carbons (Fsp3) is 0.318. The number of halogens is 2. The summed E-state index contributed by atoms with van der Waals surface area (Å²) in [6.45, 7) is -1.05. The van der Waals surface area contributed by atoms with Gasteiger partial charge in [-0.1, -0.05) is 18.2 Å². The van der Waals surface area contributed by atoms with Crippen molar-refractivity contribution in [2.24, 2.45) is 0 Å². The normalized spacial score (nSPS) is 19.3. The second-order valence-corrected chi connectivity index (χ2v) is 7.67. The maximum Gasteiger partial charge on any atom is 0.268 e. The van der Waals surface area contributed by atoms with Crippen LogP contribution in [0.4, 0.5) is 14.5 Å². The van der Waals surface area contributed by atoms with Crippen molar-refractivity contribution < 1.29 is 23.2 Å². The van der Waals surface area contributed by atoms with E-state index < -0.39 is 43.3 Å². The number of nitriles is 1. The summed E-state index contributed by atoms with van der Waals surface area (Å²) in [5.41, 5.74) is 1.88. The molecule has 2 aliphatic rings. The fourth-order valence-corrected chi connectivity index (χ4v) is 4.00. The smallest absolute Gasteiger partial charge is 0.268 e. The number of carbonyl (C=O) groups excluding carboxylic acids is 3. The van der Waals surface area contributed by atoms with Crippen LogP contribution in [-0.4, -0.2) is 59.2 Å². The molecule has 2 aromatic rings. The largest absolute Gasteiger partial charge is 0.343 e. The van der Waals surface area contributed by atoms with Crippen molar-refractivity contribution in [3.63, 3.8) is 0 Å². The number of alkyl halides is 2. The standard InChI is InChI=1S/C22H19F2N5O3/c23-22(24)9-15(10-25)29(13-22)19(30)12-27-20(31)17-5-7-26-11-18(17)28-8-6-14-3-1-2-4-16(14)21(28)32/h1-5,7,11,15H,6,8-9,12-13H2,(H,27,31). The van der Waals surface area contributed by atoms with Crippen LogP contribution in [0.5, 0.6) is 0 Å². The Labute approximate surface area is 182 Å². The Hall–Kier alpha value is -3.87. The maximum atomic E-state index is 13.6. The van der Waals surface area contributed by atoms with E-state index in [-0.39, 0.29) is 11.5 Å². The number of pyridine rings is 1. The van der Waals surface area contributed by atoms with Crippen LogP contribution in [0.2, 0.25) is 0 Å². The molecule has 4 rings (SSSR count). The zero-order valence-corrected chi connectivity index (χ0v) is 16.9. The number of benzene rings is 1. The minimum atomic E-state index is -3.14. The topological polar surface area (TPSA) is 106 Å². The molecule has 32 heavy (non-hydrogen) atoms. The lowest BCUT2D eigenvalue weighted by Gasteiger charge is -2.29. The van der Waals surface area contributed by atoms with Crippen LogP contribution in [0.25, 0.3) is 0 Å². The first kappa shape index (κ1) is 21.4.